The summed E-state index contributed by atoms with van der Waals surface area (Å²) in [5.41, 5.74) is 1.63. The second-order valence-electron chi connectivity index (χ2n) is 4.65. The monoisotopic (exact) mass is 262 g/mol. The van der Waals surface area contributed by atoms with Crippen LogP contribution in [0, 0.1) is 0 Å². The van der Waals surface area contributed by atoms with E-state index in [9.17, 15) is 4.79 Å². The first-order chi connectivity index (χ1) is 9.84. The standard InChI is InChI=1S/C17H14N2O/c20-17(9-8-14-6-3-4-10-19-14)16-12-18-11-13-5-1-2-7-15(13)16/h1-7,10-12H,8-9H2. The van der Waals surface area contributed by atoms with Gasteiger partial charge in [0.2, 0.25) is 0 Å². The van der Waals surface area contributed by atoms with Gasteiger partial charge in [0.25, 0.3) is 0 Å². The molecule has 1 aromatic carbocycles. The Morgan fingerprint density at radius 3 is 2.70 bits per heavy atom. The first-order valence-electron chi connectivity index (χ1n) is 6.60. The highest BCUT2D eigenvalue weighted by molar-refractivity contribution is 6.07. The van der Waals surface area contributed by atoms with Crippen molar-refractivity contribution in [3.8, 4) is 0 Å². The van der Waals surface area contributed by atoms with Crippen molar-refractivity contribution in [2.45, 2.75) is 12.8 Å². The van der Waals surface area contributed by atoms with Gasteiger partial charge in [0.05, 0.1) is 0 Å². The Balaban J connectivity index is 1.82. The molecule has 0 saturated heterocycles. The van der Waals surface area contributed by atoms with Gasteiger partial charge in [-0.3, -0.25) is 14.8 Å². The summed E-state index contributed by atoms with van der Waals surface area (Å²) < 4.78 is 0. The number of benzene rings is 1. The summed E-state index contributed by atoms with van der Waals surface area (Å²) in [5, 5.41) is 1.96. The summed E-state index contributed by atoms with van der Waals surface area (Å²) in [7, 11) is 0. The maximum atomic E-state index is 12.4. The molecule has 3 nitrogen and oxygen atoms in total. The number of hydrogen-bond donors (Lipinski definition) is 0. The minimum atomic E-state index is 0.111. The highest BCUT2D eigenvalue weighted by Crippen LogP contribution is 2.18. The number of aryl methyl sites for hydroxylation is 1. The molecule has 2 heterocycles. The molecule has 0 aliphatic heterocycles. The number of Topliss-reactive ketones (excluding diaryl/α,β-unsaturated/α-hetero) is 1. The highest BCUT2D eigenvalue weighted by Gasteiger charge is 2.10. The van der Waals surface area contributed by atoms with Crippen LogP contribution in [0.1, 0.15) is 22.5 Å². The molecule has 0 amide bonds. The molecule has 0 fully saturated rings. The molecule has 0 unspecified atom stereocenters. The molecule has 3 heteroatoms. The van der Waals surface area contributed by atoms with Crippen LogP contribution in [0.5, 0.6) is 0 Å². The predicted molar refractivity (Wildman–Crippen MR) is 78.6 cm³/mol. The Labute approximate surface area is 117 Å². The van der Waals surface area contributed by atoms with Crippen LogP contribution in [0.15, 0.2) is 61.1 Å². The molecule has 3 aromatic rings. The second kappa shape index (κ2) is 5.61. The third kappa shape index (κ3) is 2.57. The molecule has 0 atom stereocenters. The Hall–Kier alpha value is -2.55. The molecular formula is C17H14N2O. The predicted octanol–water partition coefficient (Wildman–Crippen LogP) is 3.45. The normalized spacial score (nSPS) is 10.6. The third-order valence-electron chi connectivity index (χ3n) is 3.30. The molecule has 0 spiro atoms. The zero-order chi connectivity index (χ0) is 13.8. The zero-order valence-corrected chi connectivity index (χ0v) is 11.0. The van der Waals surface area contributed by atoms with Crippen LogP contribution in [0.25, 0.3) is 10.8 Å². The number of carbonyl (C=O) groups excluding carboxylic acids is 1. The molecule has 0 aliphatic rings. The van der Waals surface area contributed by atoms with Gasteiger partial charge < -0.3 is 0 Å². The Morgan fingerprint density at radius 1 is 1.00 bits per heavy atom. The number of pyridine rings is 2. The largest absolute Gasteiger partial charge is 0.294 e. The number of fused-ring (bicyclic) bond motifs is 1. The molecular weight excluding hydrogens is 248 g/mol. The van der Waals surface area contributed by atoms with E-state index < -0.39 is 0 Å². The number of ketones is 1. The fourth-order valence-corrected chi connectivity index (χ4v) is 2.26. The van der Waals surface area contributed by atoms with E-state index >= 15 is 0 Å². The van der Waals surface area contributed by atoms with Gasteiger partial charge in [0.1, 0.15) is 0 Å². The zero-order valence-electron chi connectivity index (χ0n) is 11.0. The summed E-state index contributed by atoms with van der Waals surface area (Å²) >= 11 is 0. The van der Waals surface area contributed by atoms with Crippen LogP contribution in [-0.2, 0) is 6.42 Å². The van der Waals surface area contributed by atoms with E-state index in [1.165, 1.54) is 0 Å². The summed E-state index contributed by atoms with van der Waals surface area (Å²) in [4.78, 5) is 20.8. The number of rotatable bonds is 4. The fourth-order valence-electron chi connectivity index (χ4n) is 2.26. The molecule has 0 N–H and O–H groups in total. The minimum Gasteiger partial charge on any atom is -0.294 e. The van der Waals surface area contributed by atoms with Crippen molar-refractivity contribution in [1.29, 1.82) is 0 Å². The van der Waals surface area contributed by atoms with Gasteiger partial charge in [-0.15, -0.1) is 0 Å². The highest BCUT2D eigenvalue weighted by atomic mass is 16.1. The Bertz CT molecular complexity index is 733. The summed E-state index contributed by atoms with van der Waals surface area (Å²) in [5.74, 6) is 0.111. The number of aromatic nitrogens is 2. The lowest BCUT2D eigenvalue weighted by molar-refractivity contribution is 0.0984. The van der Waals surface area contributed by atoms with E-state index in [1.54, 1.807) is 18.6 Å². The molecule has 20 heavy (non-hydrogen) atoms. The summed E-state index contributed by atoms with van der Waals surface area (Å²) in [6.07, 6.45) is 6.29. The quantitative estimate of drug-likeness (QED) is 0.676. The van der Waals surface area contributed by atoms with Crippen molar-refractivity contribution in [1.82, 2.24) is 9.97 Å². The van der Waals surface area contributed by atoms with Gasteiger partial charge in [-0.05, 0) is 23.9 Å². The van der Waals surface area contributed by atoms with E-state index in [0.29, 0.717) is 18.4 Å². The van der Waals surface area contributed by atoms with Gasteiger partial charge in [-0.1, -0.05) is 30.3 Å². The maximum absolute atomic E-state index is 12.4. The average Bonchev–Trinajstić information content (AvgIpc) is 2.53. The van der Waals surface area contributed by atoms with Crippen molar-refractivity contribution < 1.29 is 4.79 Å². The van der Waals surface area contributed by atoms with E-state index in [0.717, 1.165) is 16.5 Å². The van der Waals surface area contributed by atoms with E-state index in [-0.39, 0.29) is 5.78 Å². The molecule has 0 saturated carbocycles. The van der Waals surface area contributed by atoms with E-state index in [2.05, 4.69) is 9.97 Å². The molecule has 2 aromatic heterocycles. The van der Waals surface area contributed by atoms with Crippen LogP contribution in [0.4, 0.5) is 0 Å². The Kier molecular flexibility index (Phi) is 3.50. The lowest BCUT2D eigenvalue weighted by Gasteiger charge is -2.05. The van der Waals surface area contributed by atoms with E-state index in [1.807, 2.05) is 42.5 Å². The van der Waals surface area contributed by atoms with Crippen molar-refractivity contribution >= 4 is 16.6 Å². The minimum absolute atomic E-state index is 0.111. The van der Waals surface area contributed by atoms with Crippen molar-refractivity contribution in [3.63, 3.8) is 0 Å². The topological polar surface area (TPSA) is 42.9 Å². The summed E-state index contributed by atoms with van der Waals surface area (Å²) in [6.45, 7) is 0. The van der Waals surface area contributed by atoms with Crippen LogP contribution in [0.2, 0.25) is 0 Å². The number of hydrogen-bond acceptors (Lipinski definition) is 3. The average molecular weight is 262 g/mol. The van der Waals surface area contributed by atoms with Crippen LogP contribution in [0.3, 0.4) is 0 Å². The van der Waals surface area contributed by atoms with Gasteiger partial charge in [0.15, 0.2) is 5.78 Å². The van der Waals surface area contributed by atoms with Gasteiger partial charge in [0, 0.05) is 41.7 Å². The van der Waals surface area contributed by atoms with E-state index in [4.69, 9.17) is 0 Å². The molecule has 98 valence electrons. The van der Waals surface area contributed by atoms with Crippen LogP contribution >= 0.6 is 0 Å². The fraction of sp³-hybridized carbons (Fsp3) is 0.118. The number of nitrogens with zero attached hydrogens (tertiary/aromatic N) is 2. The van der Waals surface area contributed by atoms with Crippen molar-refractivity contribution in [2.24, 2.45) is 0 Å². The van der Waals surface area contributed by atoms with Crippen molar-refractivity contribution in [3.05, 3.63) is 72.3 Å². The smallest absolute Gasteiger partial charge is 0.165 e. The van der Waals surface area contributed by atoms with Crippen LogP contribution < -0.4 is 0 Å². The molecule has 0 radical (unpaired) electrons. The lowest BCUT2D eigenvalue weighted by Crippen LogP contribution is -2.03. The molecule has 0 bridgehead atoms. The SMILES string of the molecule is O=C(CCc1ccccn1)c1cncc2ccccc12. The van der Waals surface area contributed by atoms with Gasteiger partial charge >= 0.3 is 0 Å². The summed E-state index contributed by atoms with van der Waals surface area (Å²) in [6, 6.07) is 13.6. The first-order valence-corrected chi connectivity index (χ1v) is 6.60. The third-order valence-corrected chi connectivity index (χ3v) is 3.30. The van der Waals surface area contributed by atoms with Gasteiger partial charge in [-0.2, -0.15) is 0 Å². The van der Waals surface area contributed by atoms with Crippen LogP contribution in [-0.4, -0.2) is 15.8 Å². The Morgan fingerprint density at radius 2 is 1.85 bits per heavy atom. The van der Waals surface area contributed by atoms with Crippen molar-refractivity contribution in [2.75, 3.05) is 0 Å². The first kappa shape index (κ1) is 12.5. The maximum Gasteiger partial charge on any atom is 0.165 e. The number of carbonyl (C=O) groups is 1. The molecule has 3 rings (SSSR count). The second-order valence-corrected chi connectivity index (χ2v) is 4.65. The molecule has 0 aliphatic carbocycles. The lowest BCUT2D eigenvalue weighted by atomic mass is 10.0. The van der Waals surface area contributed by atoms with Gasteiger partial charge in [-0.25, -0.2) is 0 Å².